The van der Waals surface area contributed by atoms with Crippen molar-refractivity contribution in [3.05, 3.63) is 29.7 Å². The van der Waals surface area contributed by atoms with Crippen molar-refractivity contribution in [2.24, 2.45) is 11.3 Å². The van der Waals surface area contributed by atoms with Crippen LogP contribution in [0.15, 0.2) is 18.5 Å². The molecular formula is C27H37N9O. The van der Waals surface area contributed by atoms with Gasteiger partial charge < -0.3 is 21.1 Å². The van der Waals surface area contributed by atoms with Gasteiger partial charge in [0.15, 0.2) is 5.82 Å². The lowest BCUT2D eigenvalue weighted by Crippen LogP contribution is -2.58. The Morgan fingerprint density at radius 3 is 2.68 bits per heavy atom. The van der Waals surface area contributed by atoms with Gasteiger partial charge in [-0.25, -0.2) is 4.98 Å². The lowest BCUT2D eigenvalue weighted by Gasteiger charge is -2.42. The summed E-state index contributed by atoms with van der Waals surface area (Å²) in [6.45, 7) is 5.96. The van der Waals surface area contributed by atoms with Crippen molar-refractivity contribution >= 4 is 22.8 Å². The minimum absolute atomic E-state index is 0.265. The Kier molecular flexibility index (Phi) is 5.69. The fourth-order valence-electron chi connectivity index (χ4n) is 6.67. The second-order valence-electron chi connectivity index (χ2n) is 11.7. The molecule has 2 aliphatic heterocycles. The number of nitrogens with zero attached hydrogens (tertiary/aromatic N) is 6. The zero-order valence-electron chi connectivity index (χ0n) is 21.6. The molecule has 196 valence electrons. The van der Waals surface area contributed by atoms with Crippen molar-refractivity contribution in [2.45, 2.75) is 57.0 Å². The van der Waals surface area contributed by atoms with E-state index in [0.717, 1.165) is 67.1 Å². The summed E-state index contributed by atoms with van der Waals surface area (Å²) in [7, 11) is 1.72. The maximum Gasteiger partial charge on any atom is 0.222 e. The summed E-state index contributed by atoms with van der Waals surface area (Å²) in [5.74, 6) is 3.06. The maximum absolute atomic E-state index is 6.02. The molecule has 3 aromatic rings. The molecule has 0 amide bonds. The average Bonchev–Trinajstić information content (AvgIpc) is 3.56. The lowest BCUT2D eigenvalue weighted by atomic mass is 9.72. The van der Waals surface area contributed by atoms with Gasteiger partial charge >= 0.3 is 0 Å². The predicted octanol–water partition coefficient (Wildman–Crippen LogP) is 2.61. The largest absolute Gasteiger partial charge is 0.495 e. The van der Waals surface area contributed by atoms with Gasteiger partial charge in [-0.3, -0.25) is 14.6 Å². The number of aromatic nitrogens is 5. The number of hydrogen-bond acceptors (Lipinski definition) is 9. The van der Waals surface area contributed by atoms with E-state index in [-0.39, 0.29) is 5.95 Å². The van der Waals surface area contributed by atoms with Gasteiger partial charge in [-0.2, -0.15) is 10.1 Å². The molecule has 0 bridgehead atoms. The molecule has 10 heteroatoms. The van der Waals surface area contributed by atoms with Crippen LogP contribution in [0, 0.1) is 11.3 Å². The van der Waals surface area contributed by atoms with E-state index in [9.17, 15) is 0 Å². The Balaban J connectivity index is 1.08. The Morgan fingerprint density at radius 1 is 1.16 bits per heavy atom. The number of pyridine rings is 1. The van der Waals surface area contributed by atoms with E-state index in [4.69, 9.17) is 15.5 Å². The molecule has 3 aromatic heterocycles. The van der Waals surface area contributed by atoms with E-state index < -0.39 is 0 Å². The Bertz CT molecular complexity index is 1280. The van der Waals surface area contributed by atoms with Crippen molar-refractivity contribution in [2.75, 3.05) is 50.9 Å². The first-order valence-corrected chi connectivity index (χ1v) is 13.8. The Hall–Kier alpha value is -2.98. The molecule has 4 N–H and O–H groups in total. The first kappa shape index (κ1) is 23.2. The summed E-state index contributed by atoms with van der Waals surface area (Å²) in [6.07, 6.45) is 11.6. The quantitative estimate of drug-likeness (QED) is 0.426. The van der Waals surface area contributed by atoms with E-state index in [1.54, 1.807) is 13.3 Å². The van der Waals surface area contributed by atoms with Crippen LogP contribution in [0.5, 0.6) is 5.75 Å². The monoisotopic (exact) mass is 503 g/mol. The van der Waals surface area contributed by atoms with Crippen LogP contribution in [-0.2, 0) is 6.54 Å². The van der Waals surface area contributed by atoms with Crippen molar-refractivity contribution in [1.29, 1.82) is 0 Å². The normalized spacial score (nSPS) is 22.2. The summed E-state index contributed by atoms with van der Waals surface area (Å²) >= 11 is 0. The summed E-state index contributed by atoms with van der Waals surface area (Å²) in [5, 5.41) is 11.6. The van der Waals surface area contributed by atoms with Gasteiger partial charge in [0.1, 0.15) is 22.5 Å². The first-order valence-electron chi connectivity index (χ1n) is 13.8. The molecule has 2 saturated heterocycles. The van der Waals surface area contributed by atoms with Crippen LogP contribution < -0.4 is 21.1 Å². The number of nitrogens with two attached hydrogens (primary N) is 1. The number of ether oxygens (including phenoxy) is 1. The van der Waals surface area contributed by atoms with Crippen LogP contribution in [0.3, 0.4) is 0 Å². The van der Waals surface area contributed by atoms with Gasteiger partial charge in [0.05, 0.1) is 19.9 Å². The highest BCUT2D eigenvalue weighted by atomic mass is 16.5. The highest BCUT2D eigenvalue weighted by Crippen LogP contribution is 2.63. The standard InChI is InChI=1S/C27H37N9O/c1-37-23-8-19(18-2-6-35(7-3-18)20-13-29-14-20)12-30-22(23)16-36-24-21(15-32-36)33-26(28)34-25(24)31-11-17-9-27(10-17)4-5-27/h8,12,15,17-18,20,29H,2-7,9-11,13-14,16H2,1H3,(H3,28,31,33,34). The third kappa shape index (κ3) is 4.40. The Labute approximate surface area is 217 Å². The zero-order valence-corrected chi connectivity index (χ0v) is 21.6. The molecule has 7 rings (SSSR count). The van der Waals surface area contributed by atoms with Crippen LogP contribution in [0.4, 0.5) is 11.8 Å². The summed E-state index contributed by atoms with van der Waals surface area (Å²) in [6, 6.07) is 2.90. The van der Waals surface area contributed by atoms with Crippen LogP contribution in [0.25, 0.3) is 11.0 Å². The van der Waals surface area contributed by atoms with Crippen LogP contribution in [-0.4, -0.2) is 75.5 Å². The average molecular weight is 504 g/mol. The first-order chi connectivity index (χ1) is 18.1. The number of nitrogens with one attached hydrogen (secondary N) is 2. The van der Waals surface area contributed by atoms with Crippen LogP contribution >= 0.6 is 0 Å². The smallest absolute Gasteiger partial charge is 0.222 e. The molecular weight excluding hydrogens is 466 g/mol. The second-order valence-corrected chi connectivity index (χ2v) is 11.7. The summed E-state index contributed by atoms with van der Waals surface area (Å²) in [4.78, 5) is 16.5. The minimum Gasteiger partial charge on any atom is -0.495 e. The topological polar surface area (TPSA) is 119 Å². The van der Waals surface area contributed by atoms with Gasteiger partial charge in [0.2, 0.25) is 5.95 Å². The summed E-state index contributed by atoms with van der Waals surface area (Å²) < 4.78 is 7.72. The fraction of sp³-hybridized carbons (Fsp3) is 0.630. The molecule has 4 aliphatic rings. The maximum atomic E-state index is 6.02. The molecule has 0 aromatic carbocycles. The van der Waals surface area contributed by atoms with Gasteiger partial charge in [0, 0.05) is 31.9 Å². The molecule has 0 atom stereocenters. The Morgan fingerprint density at radius 2 is 1.97 bits per heavy atom. The molecule has 10 nitrogen and oxygen atoms in total. The second kappa shape index (κ2) is 9.09. The fourth-order valence-corrected chi connectivity index (χ4v) is 6.67. The van der Waals surface area contributed by atoms with E-state index in [1.807, 2.05) is 10.9 Å². The minimum atomic E-state index is 0.265. The molecule has 1 spiro atoms. The SMILES string of the molecule is COc1cc(C2CCN(C3CNC3)CC2)cnc1Cn1ncc2nc(N)nc(NCC3CC4(CC4)C3)c21. The molecule has 5 heterocycles. The van der Waals surface area contributed by atoms with E-state index in [0.29, 0.717) is 23.8 Å². The predicted molar refractivity (Wildman–Crippen MR) is 143 cm³/mol. The lowest BCUT2D eigenvalue weighted by molar-refractivity contribution is 0.113. The number of hydrogen-bond donors (Lipinski definition) is 3. The third-order valence-corrected chi connectivity index (χ3v) is 9.21. The molecule has 4 fully saturated rings. The van der Waals surface area contributed by atoms with Gasteiger partial charge in [0.25, 0.3) is 0 Å². The molecule has 37 heavy (non-hydrogen) atoms. The number of methoxy groups -OCH3 is 1. The van der Waals surface area contributed by atoms with E-state index >= 15 is 0 Å². The highest BCUT2D eigenvalue weighted by molar-refractivity contribution is 5.86. The number of nitrogen functional groups attached to an aromatic ring is 1. The third-order valence-electron chi connectivity index (χ3n) is 9.21. The van der Waals surface area contributed by atoms with Crippen molar-refractivity contribution in [1.82, 2.24) is 34.9 Å². The molecule has 0 radical (unpaired) electrons. The highest BCUT2D eigenvalue weighted by Gasteiger charge is 2.52. The zero-order chi connectivity index (χ0) is 25.0. The molecule has 0 unspecified atom stereocenters. The van der Waals surface area contributed by atoms with Crippen molar-refractivity contribution < 1.29 is 4.74 Å². The number of anilines is 2. The number of fused-ring (bicyclic) bond motifs is 1. The van der Waals surface area contributed by atoms with Crippen molar-refractivity contribution in [3.8, 4) is 5.75 Å². The van der Waals surface area contributed by atoms with E-state index in [2.05, 4.69) is 36.7 Å². The van der Waals surface area contributed by atoms with Gasteiger partial charge in [-0.15, -0.1) is 0 Å². The van der Waals surface area contributed by atoms with E-state index in [1.165, 1.54) is 44.1 Å². The number of likely N-dealkylation sites (tertiary alicyclic amines) is 1. The summed E-state index contributed by atoms with van der Waals surface area (Å²) in [5.41, 5.74) is 10.4. The molecule has 2 aliphatic carbocycles. The van der Waals surface area contributed by atoms with Crippen LogP contribution in [0.2, 0.25) is 0 Å². The molecule has 2 saturated carbocycles. The van der Waals surface area contributed by atoms with Gasteiger partial charge in [-0.05, 0) is 80.5 Å². The number of rotatable bonds is 8. The van der Waals surface area contributed by atoms with Crippen molar-refractivity contribution in [3.63, 3.8) is 0 Å². The van der Waals surface area contributed by atoms with Crippen LogP contribution in [0.1, 0.15) is 55.7 Å². The number of piperidine rings is 1. The van der Waals surface area contributed by atoms with Gasteiger partial charge in [-0.1, -0.05) is 0 Å².